The van der Waals surface area contributed by atoms with Crippen molar-refractivity contribution in [1.82, 2.24) is 31.5 Å². The molecule has 0 bridgehead atoms. The van der Waals surface area contributed by atoms with Crippen molar-refractivity contribution >= 4 is 41.4 Å². The van der Waals surface area contributed by atoms with Crippen LogP contribution in [0.15, 0.2) is 30.3 Å². The van der Waals surface area contributed by atoms with E-state index >= 15 is 0 Å². The number of hydrogen-bond acceptors (Lipinski definition) is 8. The van der Waals surface area contributed by atoms with Gasteiger partial charge in [0.15, 0.2) is 0 Å². The minimum atomic E-state index is -1.15. The molecule has 14 nitrogen and oxygen atoms in total. The summed E-state index contributed by atoms with van der Waals surface area (Å²) in [6.45, 7) is 3.30. The molecule has 5 rings (SSSR count). The molecule has 4 fully saturated rings. The zero-order chi connectivity index (χ0) is 38.1. The second-order valence-electron chi connectivity index (χ2n) is 15.4. The Morgan fingerprint density at radius 2 is 1.53 bits per heavy atom. The van der Waals surface area contributed by atoms with Crippen molar-refractivity contribution in [3.05, 3.63) is 35.9 Å². The van der Waals surface area contributed by atoms with Gasteiger partial charge < -0.3 is 36.2 Å². The molecule has 3 aliphatic carbocycles. The highest BCUT2D eigenvalue weighted by Crippen LogP contribution is 2.43. The number of benzene rings is 1. The fourth-order valence-electron chi connectivity index (χ4n) is 8.53. The van der Waals surface area contributed by atoms with Gasteiger partial charge in [-0.05, 0) is 75.2 Å². The summed E-state index contributed by atoms with van der Waals surface area (Å²) in [5, 5.41) is 13.2. The van der Waals surface area contributed by atoms with Crippen LogP contribution in [0.25, 0.3) is 0 Å². The Bertz CT molecular complexity index is 1490. The molecule has 1 heterocycles. The highest BCUT2D eigenvalue weighted by Gasteiger charge is 2.52. The van der Waals surface area contributed by atoms with Gasteiger partial charge in [-0.15, -0.1) is 0 Å². The number of carbonyl (C=O) groups excluding carboxylic acids is 7. The first kappa shape index (κ1) is 39.7. The average molecular weight is 737 g/mol. The van der Waals surface area contributed by atoms with Gasteiger partial charge in [-0.3, -0.25) is 28.8 Å². The largest absolute Gasteiger partial charge is 0.447 e. The van der Waals surface area contributed by atoms with Crippen molar-refractivity contribution < 1.29 is 38.3 Å². The highest BCUT2D eigenvalue weighted by atomic mass is 16.6. The summed E-state index contributed by atoms with van der Waals surface area (Å²) < 4.78 is 5.36. The molecule has 1 aliphatic heterocycles. The van der Waals surface area contributed by atoms with Crippen molar-refractivity contribution in [3.63, 3.8) is 0 Å². The van der Waals surface area contributed by atoms with Gasteiger partial charge in [0.2, 0.25) is 29.4 Å². The van der Waals surface area contributed by atoms with E-state index < -0.39 is 66.2 Å². The van der Waals surface area contributed by atoms with Crippen molar-refractivity contribution in [2.24, 2.45) is 23.7 Å². The van der Waals surface area contributed by atoms with Crippen LogP contribution in [-0.2, 0) is 33.5 Å². The summed E-state index contributed by atoms with van der Waals surface area (Å²) in [6, 6.07) is 4.78. The molecule has 53 heavy (non-hydrogen) atoms. The molecule has 3 saturated carbocycles. The molecule has 290 valence electrons. The molecule has 0 aromatic heterocycles. The number of fused-ring (bicyclic) bond motifs is 1. The number of Topliss-reactive ketones (excluding diaryl/α,β-unsaturated/α-hetero) is 1. The number of likely N-dealkylation sites (N-methyl/N-ethyl adjacent to an activating group) is 1. The number of nitrogens with zero attached hydrogens (tertiary/aromatic N) is 1. The highest BCUT2D eigenvalue weighted by molar-refractivity contribution is 6.38. The first-order valence-corrected chi connectivity index (χ1v) is 19.4. The molecule has 5 N–H and O–H groups in total. The van der Waals surface area contributed by atoms with E-state index in [1.54, 1.807) is 49.1 Å². The number of ether oxygens (including phenoxy) is 1. The van der Waals surface area contributed by atoms with Crippen molar-refractivity contribution in [2.75, 3.05) is 20.1 Å². The number of alkyl carbamates (subject to hydrolysis) is 1. The Kier molecular flexibility index (Phi) is 13.9. The van der Waals surface area contributed by atoms with E-state index in [2.05, 4.69) is 26.6 Å². The first-order chi connectivity index (χ1) is 25.5. The van der Waals surface area contributed by atoms with Crippen molar-refractivity contribution in [1.29, 1.82) is 0 Å². The van der Waals surface area contributed by atoms with Crippen LogP contribution in [-0.4, -0.2) is 90.7 Å². The Labute approximate surface area is 311 Å². The van der Waals surface area contributed by atoms with E-state index in [-0.39, 0.29) is 42.1 Å². The van der Waals surface area contributed by atoms with E-state index in [0.29, 0.717) is 12.1 Å². The van der Waals surface area contributed by atoms with Gasteiger partial charge in [0.05, 0.1) is 18.7 Å². The van der Waals surface area contributed by atoms with Gasteiger partial charge in [-0.25, -0.2) is 4.79 Å². The van der Waals surface area contributed by atoms with Gasteiger partial charge in [-0.1, -0.05) is 75.3 Å². The normalized spacial score (nSPS) is 23.1. The van der Waals surface area contributed by atoms with Gasteiger partial charge in [-0.2, -0.15) is 0 Å². The lowest BCUT2D eigenvalue weighted by molar-refractivity contribution is -0.144. The average Bonchev–Trinajstić information content (AvgIpc) is 3.74. The standard InChI is InChI=1S/C39H56N6O8/c1-23(2)53-39(52)44-32(26-16-8-5-9-17-26)38(51)45-22-27-18-11-19-28(27)33(45)36(49)42-29(20-24-12-10-13-24)34(47)37(50)41-21-30(46)43-31(35(48)40-3)25-14-6-4-7-15-25/h4,6-7,14-15,23-24,26-29,31-33H,5,8-13,16-22H2,1-3H3,(H,40,48)(H,41,50)(H,42,49)(H,43,46)(H,44,52)/t27-,28-,29?,31?,32?,33?/m0/s1. The predicted molar refractivity (Wildman–Crippen MR) is 195 cm³/mol. The number of nitrogens with one attached hydrogen (secondary N) is 5. The van der Waals surface area contributed by atoms with E-state index in [9.17, 15) is 33.6 Å². The van der Waals surface area contributed by atoms with Crippen LogP contribution in [0.2, 0.25) is 0 Å². The first-order valence-electron chi connectivity index (χ1n) is 19.4. The summed E-state index contributed by atoms with van der Waals surface area (Å²) >= 11 is 0. The number of hydrogen-bond donors (Lipinski definition) is 5. The van der Waals surface area contributed by atoms with Crippen LogP contribution in [0.1, 0.15) is 103 Å². The van der Waals surface area contributed by atoms with Crippen molar-refractivity contribution in [2.45, 2.75) is 121 Å². The number of carbonyl (C=O) groups is 7. The molecule has 1 aromatic rings. The third kappa shape index (κ3) is 10.1. The maximum absolute atomic E-state index is 14.4. The molecule has 4 aliphatic rings. The number of rotatable bonds is 15. The maximum atomic E-state index is 14.4. The Hall–Kier alpha value is -4.49. The van der Waals surface area contributed by atoms with Crippen LogP contribution in [0.4, 0.5) is 4.79 Å². The predicted octanol–water partition coefficient (Wildman–Crippen LogP) is 2.66. The SMILES string of the molecule is CNC(=O)C(NC(=O)CNC(=O)C(=O)C(CC1CCC1)NC(=O)C1[C@H]2CCC[C@H]2CN1C(=O)C(NC(=O)OC(C)C)C1CCCCC1)c1ccccc1. The Balaban J connectivity index is 1.28. The van der Waals surface area contributed by atoms with Crippen LogP contribution in [0, 0.1) is 23.7 Å². The molecule has 0 spiro atoms. The summed E-state index contributed by atoms with van der Waals surface area (Å²) in [5.41, 5.74) is 0.547. The Morgan fingerprint density at radius 3 is 2.17 bits per heavy atom. The minimum absolute atomic E-state index is 0.0896. The van der Waals surface area contributed by atoms with E-state index in [1.165, 1.54) is 7.05 Å². The molecule has 4 unspecified atom stereocenters. The van der Waals surface area contributed by atoms with Crippen LogP contribution < -0.4 is 26.6 Å². The zero-order valence-electron chi connectivity index (χ0n) is 31.2. The molecule has 1 saturated heterocycles. The van der Waals surface area contributed by atoms with Gasteiger partial charge >= 0.3 is 6.09 Å². The maximum Gasteiger partial charge on any atom is 0.408 e. The smallest absolute Gasteiger partial charge is 0.408 e. The lowest BCUT2D eigenvalue weighted by Gasteiger charge is -2.36. The van der Waals surface area contributed by atoms with E-state index in [0.717, 1.165) is 70.6 Å². The summed E-state index contributed by atoms with van der Waals surface area (Å²) in [7, 11) is 1.45. The molecule has 6 amide bonds. The fourth-order valence-corrected chi connectivity index (χ4v) is 8.53. The van der Waals surface area contributed by atoms with Crippen LogP contribution in [0.3, 0.4) is 0 Å². The number of likely N-dealkylation sites (tertiary alicyclic amines) is 1. The topological polar surface area (TPSA) is 192 Å². The van der Waals surface area contributed by atoms with Crippen LogP contribution in [0.5, 0.6) is 0 Å². The van der Waals surface area contributed by atoms with Gasteiger partial charge in [0.1, 0.15) is 18.1 Å². The third-order valence-corrected chi connectivity index (χ3v) is 11.5. The molecule has 1 aromatic carbocycles. The molecule has 14 heteroatoms. The lowest BCUT2D eigenvalue weighted by Crippen LogP contribution is -2.59. The fraction of sp³-hybridized carbons (Fsp3) is 0.667. The van der Waals surface area contributed by atoms with Gasteiger partial charge in [0, 0.05) is 13.6 Å². The lowest BCUT2D eigenvalue weighted by atomic mass is 9.80. The Morgan fingerprint density at radius 1 is 0.830 bits per heavy atom. The summed E-state index contributed by atoms with van der Waals surface area (Å²) in [6.07, 6.45) is 9.00. The second kappa shape index (κ2) is 18.5. The second-order valence-corrected chi connectivity index (χ2v) is 15.4. The third-order valence-electron chi connectivity index (χ3n) is 11.5. The number of ketones is 1. The monoisotopic (exact) mass is 736 g/mol. The quantitative estimate of drug-likeness (QED) is 0.170. The summed E-state index contributed by atoms with van der Waals surface area (Å²) in [4.78, 5) is 95.4. The zero-order valence-corrected chi connectivity index (χ0v) is 31.2. The van der Waals surface area contributed by atoms with Gasteiger partial charge in [0.25, 0.3) is 5.91 Å². The van der Waals surface area contributed by atoms with Crippen LogP contribution >= 0.6 is 0 Å². The van der Waals surface area contributed by atoms with E-state index in [4.69, 9.17) is 4.74 Å². The molecule has 0 radical (unpaired) electrons. The molecular formula is C39H56N6O8. The van der Waals surface area contributed by atoms with Crippen molar-refractivity contribution in [3.8, 4) is 0 Å². The molecular weight excluding hydrogens is 680 g/mol. The molecule has 6 atom stereocenters. The summed E-state index contributed by atoms with van der Waals surface area (Å²) in [5.74, 6) is -3.76. The minimum Gasteiger partial charge on any atom is -0.447 e. The van der Waals surface area contributed by atoms with E-state index in [1.807, 2.05) is 0 Å². The number of amides is 6.